The second-order valence-electron chi connectivity index (χ2n) is 5.52. The SMILES string of the molecule is Cc1cccc(OCc2nc(SCC(=O)Nc3cccc(Cl)c3)n[nH]2)c1. The van der Waals surface area contributed by atoms with Crippen molar-refractivity contribution in [1.29, 1.82) is 0 Å². The molecule has 0 radical (unpaired) electrons. The van der Waals surface area contributed by atoms with E-state index in [2.05, 4.69) is 20.5 Å². The van der Waals surface area contributed by atoms with Gasteiger partial charge in [-0.2, -0.15) is 0 Å². The predicted molar refractivity (Wildman–Crippen MR) is 103 cm³/mol. The fourth-order valence-corrected chi connectivity index (χ4v) is 2.96. The molecule has 0 atom stereocenters. The van der Waals surface area contributed by atoms with Gasteiger partial charge in [0.1, 0.15) is 12.4 Å². The van der Waals surface area contributed by atoms with Crippen LogP contribution in [-0.2, 0) is 11.4 Å². The lowest BCUT2D eigenvalue weighted by Crippen LogP contribution is -2.14. The second kappa shape index (κ2) is 8.73. The Kier molecular flexibility index (Phi) is 6.14. The molecule has 0 spiro atoms. The molecule has 6 nitrogen and oxygen atoms in total. The van der Waals surface area contributed by atoms with E-state index in [-0.39, 0.29) is 18.3 Å². The Morgan fingerprint density at radius 1 is 1.27 bits per heavy atom. The second-order valence-corrected chi connectivity index (χ2v) is 6.90. The van der Waals surface area contributed by atoms with Crippen LogP contribution in [0.2, 0.25) is 5.02 Å². The van der Waals surface area contributed by atoms with Crippen molar-refractivity contribution in [1.82, 2.24) is 15.2 Å². The van der Waals surface area contributed by atoms with Gasteiger partial charge in [0.05, 0.1) is 5.75 Å². The number of amides is 1. The van der Waals surface area contributed by atoms with Gasteiger partial charge in [-0.15, -0.1) is 5.10 Å². The number of aromatic amines is 1. The van der Waals surface area contributed by atoms with Crippen molar-refractivity contribution in [3.63, 3.8) is 0 Å². The van der Waals surface area contributed by atoms with Crippen LogP contribution in [0.5, 0.6) is 5.75 Å². The summed E-state index contributed by atoms with van der Waals surface area (Å²) in [7, 11) is 0. The van der Waals surface area contributed by atoms with Gasteiger partial charge in [0.25, 0.3) is 0 Å². The normalized spacial score (nSPS) is 10.5. The van der Waals surface area contributed by atoms with Gasteiger partial charge >= 0.3 is 0 Å². The van der Waals surface area contributed by atoms with Crippen LogP contribution in [0.25, 0.3) is 0 Å². The molecule has 3 aromatic rings. The third-order valence-electron chi connectivity index (χ3n) is 3.32. The van der Waals surface area contributed by atoms with Gasteiger partial charge < -0.3 is 10.1 Å². The summed E-state index contributed by atoms with van der Waals surface area (Å²) >= 11 is 7.14. The topological polar surface area (TPSA) is 79.9 Å². The van der Waals surface area contributed by atoms with Gasteiger partial charge in [0.2, 0.25) is 11.1 Å². The molecule has 0 unspecified atom stereocenters. The van der Waals surface area contributed by atoms with Crippen LogP contribution in [0, 0.1) is 6.92 Å². The fraction of sp³-hybridized carbons (Fsp3) is 0.167. The van der Waals surface area contributed by atoms with E-state index in [0.29, 0.717) is 21.7 Å². The van der Waals surface area contributed by atoms with Crippen molar-refractivity contribution in [3.8, 4) is 5.75 Å². The average molecular weight is 389 g/mol. The molecular formula is C18H17ClN4O2S. The maximum atomic E-state index is 12.0. The van der Waals surface area contributed by atoms with Crippen LogP contribution < -0.4 is 10.1 Å². The number of rotatable bonds is 7. The summed E-state index contributed by atoms with van der Waals surface area (Å²) in [6.45, 7) is 2.29. The van der Waals surface area contributed by atoms with Gasteiger partial charge in [-0.1, -0.05) is 41.6 Å². The average Bonchev–Trinajstić information content (AvgIpc) is 3.06. The summed E-state index contributed by atoms with van der Waals surface area (Å²) in [6.07, 6.45) is 0. The van der Waals surface area contributed by atoms with Gasteiger partial charge in [-0.05, 0) is 42.8 Å². The van der Waals surface area contributed by atoms with Crippen molar-refractivity contribution in [2.24, 2.45) is 0 Å². The van der Waals surface area contributed by atoms with Gasteiger partial charge in [-0.3, -0.25) is 9.89 Å². The number of thioether (sulfide) groups is 1. The molecule has 2 aromatic carbocycles. The zero-order valence-electron chi connectivity index (χ0n) is 14.0. The number of halogens is 1. The van der Waals surface area contributed by atoms with E-state index in [1.807, 2.05) is 31.2 Å². The van der Waals surface area contributed by atoms with Crippen LogP contribution in [0.15, 0.2) is 53.7 Å². The molecule has 0 fully saturated rings. The molecule has 0 saturated carbocycles. The summed E-state index contributed by atoms with van der Waals surface area (Å²) < 4.78 is 5.67. The van der Waals surface area contributed by atoms with E-state index in [1.165, 1.54) is 11.8 Å². The number of carbonyl (C=O) groups excluding carboxylic acids is 1. The molecule has 3 rings (SSSR count). The Hall–Kier alpha value is -2.51. The van der Waals surface area contributed by atoms with Crippen molar-refractivity contribution < 1.29 is 9.53 Å². The van der Waals surface area contributed by atoms with E-state index in [0.717, 1.165) is 11.3 Å². The highest BCUT2D eigenvalue weighted by Gasteiger charge is 2.09. The molecule has 0 saturated heterocycles. The molecule has 26 heavy (non-hydrogen) atoms. The number of ether oxygens (including phenoxy) is 1. The molecule has 134 valence electrons. The lowest BCUT2D eigenvalue weighted by Gasteiger charge is -2.04. The molecule has 2 N–H and O–H groups in total. The molecule has 1 amide bonds. The highest BCUT2D eigenvalue weighted by molar-refractivity contribution is 7.99. The Bertz CT molecular complexity index is 900. The Labute approximate surface area is 160 Å². The number of anilines is 1. The predicted octanol–water partition coefficient (Wildman–Crippen LogP) is 4.08. The Morgan fingerprint density at radius 3 is 2.92 bits per heavy atom. The molecule has 0 bridgehead atoms. The minimum atomic E-state index is -0.153. The van der Waals surface area contributed by atoms with Crippen LogP contribution in [0.3, 0.4) is 0 Å². The monoisotopic (exact) mass is 388 g/mol. The minimum absolute atomic E-state index is 0.153. The lowest BCUT2D eigenvalue weighted by molar-refractivity contribution is -0.113. The van der Waals surface area contributed by atoms with E-state index in [1.54, 1.807) is 24.3 Å². The number of aryl methyl sites for hydroxylation is 1. The van der Waals surface area contributed by atoms with E-state index in [9.17, 15) is 4.79 Å². The number of H-pyrrole nitrogens is 1. The first-order valence-corrected chi connectivity index (χ1v) is 9.24. The van der Waals surface area contributed by atoms with Crippen LogP contribution in [0.4, 0.5) is 5.69 Å². The quantitative estimate of drug-likeness (QED) is 0.596. The van der Waals surface area contributed by atoms with E-state index < -0.39 is 0 Å². The van der Waals surface area contributed by atoms with Gasteiger partial charge in [0, 0.05) is 10.7 Å². The smallest absolute Gasteiger partial charge is 0.234 e. The number of carbonyl (C=O) groups is 1. The summed E-state index contributed by atoms with van der Waals surface area (Å²) in [6, 6.07) is 14.8. The minimum Gasteiger partial charge on any atom is -0.486 e. The largest absolute Gasteiger partial charge is 0.486 e. The van der Waals surface area contributed by atoms with Crippen molar-refractivity contribution in [3.05, 3.63) is 64.9 Å². The Morgan fingerprint density at radius 2 is 2.12 bits per heavy atom. The summed E-state index contributed by atoms with van der Waals surface area (Å²) in [5.41, 5.74) is 1.78. The maximum absolute atomic E-state index is 12.0. The standard InChI is InChI=1S/C18H17ClN4O2S/c1-12-4-2-7-15(8-12)25-10-16-21-18(23-22-16)26-11-17(24)20-14-6-3-5-13(19)9-14/h2-9H,10-11H2,1H3,(H,20,24)(H,21,22,23). The number of nitrogens with one attached hydrogen (secondary N) is 2. The summed E-state index contributed by atoms with van der Waals surface area (Å²) in [5, 5.41) is 10.7. The third kappa shape index (κ3) is 5.50. The molecule has 1 aromatic heterocycles. The van der Waals surface area contributed by atoms with E-state index in [4.69, 9.17) is 16.3 Å². The number of hydrogen-bond acceptors (Lipinski definition) is 5. The van der Waals surface area contributed by atoms with Gasteiger partial charge in [-0.25, -0.2) is 4.98 Å². The highest BCUT2D eigenvalue weighted by atomic mass is 35.5. The number of hydrogen-bond donors (Lipinski definition) is 2. The first kappa shape index (κ1) is 18.3. The number of aromatic nitrogens is 3. The number of benzene rings is 2. The molecule has 0 aliphatic heterocycles. The molecule has 0 aliphatic carbocycles. The van der Waals surface area contributed by atoms with Crippen LogP contribution >= 0.6 is 23.4 Å². The molecular weight excluding hydrogens is 372 g/mol. The first-order valence-electron chi connectivity index (χ1n) is 7.87. The number of nitrogens with zero attached hydrogens (tertiary/aromatic N) is 2. The van der Waals surface area contributed by atoms with Gasteiger partial charge in [0.15, 0.2) is 5.82 Å². The zero-order chi connectivity index (χ0) is 18.4. The third-order valence-corrected chi connectivity index (χ3v) is 4.40. The van der Waals surface area contributed by atoms with Crippen LogP contribution in [0.1, 0.15) is 11.4 Å². The Balaban J connectivity index is 1.46. The maximum Gasteiger partial charge on any atom is 0.234 e. The van der Waals surface area contributed by atoms with Crippen molar-refractivity contribution >= 4 is 35.0 Å². The summed E-state index contributed by atoms with van der Waals surface area (Å²) in [5.74, 6) is 1.42. The first-order chi connectivity index (χ1) is 12.6. The summed E-state index contributed by atoms with van der Waals surface area (Å²) in [4.78, 5) is 16.3. The zero-order valence-corrected chi connectivity index (χ0v) is 15.6. The lowest BCUT2D eigenvalue weighted by atomic mass is 10.2. The highest BCUT2D eigenvalue weighted by Crippen LogP contribution is 2.18. The van der Waals surface area contributed by atoms with Crippen molar-refractivity contribution in [2.75, 3.05) is 11.1 Å². The van der Waals surface area contributed by atoms with Crippen LogP contribution in [-0.4, -0.2) is 26.8 Å². The molecule has 8 heteroatoms. The molecule has 1 heterocycles. The fourth-order valence-electron chi connectivity index (χ4n) is 2.16. The van der Waals surface area contributed by atoms with E-state index >= 15 is 0 Å². The van der Waals surface area contributed by atoms with Crippen molar-refractivity contribution in [2.45, 2.75) is 18.7 Å². The molecule has 0 aliphatic rings.